The number of furan rings is 1. The number of esters is 1. The van der Waals surface area contributed by atoms with Gasteiger partial charge in [-0.2, -0.15) is 0 Å². The third-order valence-corrected chi connectivity index (χ3v) is 7.99. The molecule has 5 rings (SSSR count). The number of piperazine rings is 1. The quantitative estimate of drug-likeness (QED) is 0.399. The lowest BCUT2D eigenvalue weighted by Gasteiger charge is -2.32. The van der Waals surface area contributed by atoms with Crippen molar-refractivity contribution in [3.05, 3.63) is 78.7 Å². The Morgan fingerprint density at radius 1 is 1.18 bits per heavy atom. The maximum atomic E-state index is 13.9. The lowest BCUT2D eigenvalue weighted by atomic mass is 9.94. The van der Waals surface area contributed by atoms with Crippen LogP contribution in [0.4, 0.5) is 5.88 Å². The van der Waals surface area contributed by atoms with E-state index in [1.165, 1.54) is 11.3 Å². The van der Waals surface area contributed by atoms with Gasteiger partial charge in [-0.25, -0.2) is 9.79 Å². The highest BCUT2D eigenvalue weighted by Crippen LogP contribution is 2.34. The lowest BCUT2D eigenvalue weighted by Crippen LogP contribution is -2.44. The van der Waals surface area contributed by atoms with Crippen LogP contribution >= 0.6 is 11.3 Å². The molecule has 0 aliphatic carbocycles. The first kappa shape index (κ1) is 27.0. The molecule has 0 spiro atoms. The van der Waals surface area contributed by atoms with Crippen LogP contribution < -0.4 is 24.5 Å². The Bertz CT molecular complexity index is 1560. The third kappa shape index (κ3) is 5.44. The molecule has 1 aromatic carbocycles. The smallest absolute Gasteiger partial charge is 0.338 e. The number of rotatable bonds is 8. The van der Waals surface area contributed by atoms with Crippen LogP contribution in [0.2, 0.25) is 0 Å². The molecule has 1 saturated heterocycles. The highest BCUT2D eigenvalue weighted by Gasteiger charge is 2.34. The molecule has 0 saturated carbocycles. The van der Waals surface area contributed by atoms with Crippen molar-refractivity contribution in [3.8, 4) is 5.75 Å². The van der Waals surface area contributed by atoms with Crippen LogP contribution in [0.1, 0.15) is 44.1 Å². The number of hydrogen-bond acceptors (Lipinski definition) is 9. The summed E-state index contributed by atoms with van der Waals surface area (Å²) in [4.78, 5) is 37.1. The molecule has 3 aromatic rings. The van der Waals surface area contributed by atoms with Crippen LogP contribution in [0.3, 0.4) is 0 Å². The number of carbonyl (C=O) groups is 1. The standard InChI is InChI=1S/C29H34N4O5S/c1-5-8-22-25(28(35)37-6-2)26(19-9-7-10-20(17-19)36-4)33-27(34)23(39-29(33)30-22)18-21-11-12-24(38-21)32-15-13-31(3)14-16-32/h7,9-12,17-18,26H,5-6,8,13-16H2,1-4H3/b23-18-/t26-/m0/s1. The number of benzene rings is 1. The minimum atomic E-state index is -0.684. The largest absolute Gasteiger partial charge is 0.497 e. The van der Waals surface area contributed by atoms with E-state index in [1.54, 1.807) is 24.7 Å². The fourth-order valence-corrected chi connectivity index (χ4v) is 5.99. The molecule has 10 heteroatoms. The summed E-state index contributed by atoms with van der Waals surface area (Å²) in [5.41, 5.74) is 1.55. The topological polar surface area (TPSA) is 89.5 Å². The zero-order valence-electron chi connectivity index (χ0n) is 22.8. The molecule has 0 amide bonds. The van der Waals surface area contributed by atoms with Gasteiger partial charge in [-0.3, -0.25) is 9.36 Å². The number of hydrogen-bond donors (Lipinski definition) is 0. The number of nitrogens with zero attached hydrogens (tertiary/aromatic N) is 4. The molecular formula is C29H34N4O5S. The molecule has 4 heterocycles. The van der Waals surface area contributed by atoms with Gasteiger partial charge in [0.05, 0.1) is 35.6 Å². The summed E-state index contributed by atoms with van der Waals surface area (Å²) in [6.07, 6.45) is 3.15. The Hall–Kier alpha value is -3.63. The third-order valence-electron chi connectivity index (χ3n) is 7.00. The van der Waals surface area contributed by atoms with E-state index in [-0.39, 0.29) is 12.2 Å². The second kappa shape index (κ2) is 11.6. The van der Waals surface area contributed by atoms with Crippen molar-refractivity contribution < 1.29 is 18.7 Å². The Labute approximate surface area is 231 Å². The Morgan fingerprint density at radius 3 is 2.69 bits per heavy atom. The van der Waals surface area contributed by atoms with Crippen molar-refractivity contribution in [2.75, 3.05) is 51.8 Å². The van der Waals surface area contributed by atoms with Gasteiger partial charge in [0.15, 0.2) is 10.7 Å². The lowest BCUT2D eigenvalue weighted by molar-refractivity contribution is -0.139. The van der Waals surface area contributed by atoms with E-state index in [1.807, 2.05) is 43.3 Å². The van der Waals surface area contributed by atoms with Gasteiger partial charge in [0.1, 0.15) is 11.5 Å². The molecule has 0 bridgehead atoms. The predicted octanol–water partition coefficient (Wildman–Crippen LogP) is 2.93. The molecule has 0 radical (unpaired) electrons. The van der Waals surface area contributed by atoms with Crippen molar-refractivity contribution >= 4 is 29.3 Å². The SMILES string of the molecule is CCCC1=C(C(=O)OCC)[C@H](c2cccc(OC)c2)n2c(s/c(=C\c3ccc(N4CCN(C)CC4)o3)c2=O)=N1. The summed E-state index contributed by atoms with van der Waals surface area (Å²) in [5.74, 6) is 1.57. The minimum Gasteiger partial charge on any atom is -0.497 e. The first-order chi connectivity index (χ1) is 18.9. The van der Waals surface area contributed by atoms with E-state index in [0.717, 1.165) is 44.0 Å². The zero-order chi connectivity index (χ0) is 27.5. The summed E-state index contributed by atoms with van der Waals surface area (Å²) in [5, 5.41) is 0. The number of methoxy groups -OCH3 is 1. The van der Waals surface area contributed by atoms with Crippen molar-refractivity contribution in [2.45, 2.75) is 32.7 Å². The summed E-state index contributed by atoms with van der Waals surface area (Å²) < 4.78 is 19.1. The normalized spacial score (nSPS) is 18.2. The van der Waals surface area contributed by atoms with Crippen LogP contribution in [0.5, 0.6) is 5.75 Å². The summed E-state index contributed by atoms with van der Waals surface area (Å²) in [6.45, 7) is 7.77. The van der Waals surface area contributed by atoms with E-state index >= 15 is 0 Å². The van der Waals surface area contributed by atoms with Gasteiger partial charge in [-0.15, -0.1) is 0 Å². The van der Waals surface area contributed by atoms with E-state index in [9.17, 15) is 9.59 Å². The fourth-order valence-electron chi connectivity index (χ4n) is 4.99. The van der Waals surface area contributed by atoms with E-state index in [0.29, 0.717) is 38.5 Å². The Balaban J connectivity index is 1.63. The second-order valence-corrected chi connectivity index (χ2v) is 10.7. The molecule has 1 atom stereocenters. The molecule has 2 aliphatic rings. The maximum Gasteiger partial charge on any atom is 0.338 e. The van der Waals surface area contributed by atoms with Crippen molar-refractivity contribution in [2.24, 2.45) is 4.99 Å². The molecular weight excluding hydrogens is 516 g/mol. The molecule has 206 valence electrons. The highest BCUT2D eigenvalue weighted by molar-refractivity contribution is 7.07. The van der Waals surface area contributed by atoms with Crippen molar-refractivity contribution in [3.63, 3.8) is 0 Å². The monoisotopic (exact) mass is 550 g/mol. The number of anilines is 1. The van der Waals surface area contributed by atoms with E-state index in [2.05, 4.69) is 16.8 Å². The van der Waals surface area contributed by atoms with Crippen molar-refractivity contribution in [1.82, 2.24) is 9.47 Å². The zero-order valence-corrected chi connectivity index (χ0v) is 23.6. The van der Waals surface area contributed by atoms with Gasteiger partial charge in [0, 0.05) is 38.3 Å². The van der Waals surface area contributed by atoms with Crippen LogP contribution in [0.25, 0.3) is 6.08 Å². The Morgan fingerprint density at radius 2 is 1.97 bits per heavy atom. The molecule has 39 heavy (non-hydrogen) atoms. The molecule has 1 fully saturated rings. The molecule has 2 aliphatic heterocycles. The fraction of sp³-hybridized carbons (Fsp3) is 0.414. The van der Waals surface area contributed by atoms with Gasteiger partial charge < -0.3 is 23.7 Å². The van der Waals surface area contributed by atoms with Gasteiger partial charge in [0.25, 0.3) is 5.56 Å². The second-order valence-electron chi connectivity index (χ2n) is 9.66. The predicted molar refractivity (Wildman–Crippen MR) is 151 cm³/mol. The first-order valence-corrected chi connectivity index (χ1v) is 14.1. The number of allylic oxidation sites excluding steroid dienone is 1. The minimum absolute atomic E-state index is 0.227. The van der Waals surface area contributed by atoms with Gasteiger partial charge >= 0.3 is 5.97 Å². The van der Waals surface area contributed by atoms with Gasteiger partial charge in [-0.05, 0) is 44.2 Å². The number of aromatic nitrogens is 1. The van der Waals surface area contributed by atoms with Crippen LogP contribution in [0.15, 0.2) is 61.9 Å². The average Bonchev–Trinajstić information content (AvgIpc) is 3.53. The van der Waals surface area contributed by atoms with Crippen molar-refractivity contribution in [1.29, 1.82) is 0 Å². The van der Waals surface area contributed by atoms with Gasteiger partial charge in [0.2, 0.25) is 0 Å². The first-order valence-electron chi connectivity index (χ1n) is 13.3. The number of thiazole rings is 1. The number of likely N-dealkylation sites (N-methyl/N-ethyl adjacent to an activating group) is 1. The number of ether oxygens (including phenoxy) is 2. The summed E-state index contributed by atoms with van der Waals surface area (Å²) >= 11 is 1.30. The van der Waals surface area contributed by atoms with E-state index in [4.69, 9.17) is 18.9 Å². The summed E-state index contributed by atoms with van der Waals surface area (Å²) in [6, 6.07) is 10.6. The van der Waals surface area contributed by atoms with Crippen LogP contribution in [-0.4, -0.2) is 62.4 Å². The molecule has 0 N–H and O–H groups in total. The van der Waals surface area contributed by atoms with Crippen LogP contribution in [0, 0.1) is 0 Å². The van der Waals surface area contributed by atoms with E-state index < -0.39 is 12.0 Å². The summed E-state index contributed by atoms with van der Waals surface area (Å²) in [7, 11) is 3.71. The maximum absolute atomic E-state index is 13.9. The molecule has 0 unspecified atom stereocenters. The molecule has 2 aromatic heterocycles. The number of carbonyl (C=O) groups excluding carboxylic acids is 1. The van der Waals surface area contributed by atoms with Crippen LogP contribution in [-0.2, 0) is 9.53 Å². The number of fused-ring (bicyclic) bond motifs is 1. The average molecular weight is 551 g/mol. The highest BCUT2D eigenvalue weighted by atomic mass is 32.1. The van der Waals surface area contributed by atoms with Gasteiger partial charge in [-0.1, -0.05) is 36.8 Å². The molecule has 9 nitrogen and oxygen atoms in total. The Kier molecular flexibility index (Phi) is 8.04.